The fourth-order valence-corrected chi connectivity index (χ4v) is 6.80. The predicted octanol–water partition coefficient (Wildman–Crippen LogP) is 3.89. The Morgan fingerprint density at radius 2 is 1.81 bits per heavy atom. The summed E-state index contributed by atoms with van der Waals surface area (Å²) in [6, 6.07) is 8.26. The molecule has 26 heavy (non-hydrogen) atoms. The van der Waals surface area contributed by atoms with Crippen LogP contribution in [0.4, 0.5) is 0 Å². The molecule has 2 aromatic rings. The monoisotopic (exact) mass is 405 g/mol. The fourth-order valence-electron chi connectivity index (χ4n) is 3.34. The highest BCUT2D eigenvalue weighted by atomic mass is 32.2. The Morgan fingerprint density at radius 3 is 2.42 bits per heavy atom. The number of benzene rings is 1. The minimum Gasteiger partial charge on any atom is -0.336 e. The van der Waals surface area contributed by atoms with E-state index >= 15 is 0 Å². The number of rotatable bonds is 4. The maximum Gasteiger partial charge on any atom is 0.253 e. The first-order valence-electron chi connectivity index (χ1n) is 8.95. The number of aromatic nitrogens is 1. The summed E-state index contributed by atoms with van der Waals surface area (Å²) in [6.07, 6.45) is 0. The van der Waals surface area contributed by atoms with Crippen LogP contribution < -0.4 is 0 Å². The molecule has 0 N–H and O–H groups in total. The highest BCUT2D eigenvalue weighted by Crippen LogP contribution is 2.45. The summed E-state index contributed by atoms with van der Waals surface area (Å²) >= 11 is 5.70. The molecule has 0 atom stereocenters. The zero-order chi connectivity index (χ0) is 17.9. The maximum absolute atomic E-state index is 12.8. The highest BCUT2D eigenvalue weighted by molar-refractivity contribution is 8.19. The Labute approximate surface area is 167 Å². The maximum atomic E-state index is 12.8. The number of aryl methyl sites for hydroxylation is 1. The molecule has 1 aromatic heterocycles. The third-order valence-electron chi connectivity index (χ3n) is 4.76. The molecule has 4 nitrogen and oxygen atoms in total. The molecule has 0 aliphatic carbocycles. The van der Waals surface area contributed by atoms with Crippen LogP contribution in [-0.4, -0.2) is 58.4 Å². The topological polar surface area (TPSA) is 36.4 Å². The molecule has 2 saturated heterocycles. The summed E-state index contributed by atoms with van der Waals surface area (Å²) < 4.78 is 0.539. The molecular weight excluding hydrogens is 382 g/mol. The molecule has 0 saturated carbocycles. The molecule has 2 aliphatic heterocycles. The van der Waals surface area contributed by atoms with E-state index in [1.54, 1.807) is 11.3 Å². The number of amides is 1. The number of piperazine rings is 1. The second kappa shape index (κ2) is 8.33. The molecule has 0 radical (unpaired) electrons. The van der Waals surface area contributed by atoms with Gasteiger partial charge in [0.25, 0.3) is 5.91 Å². The van der Waals surface area contributed by atoms with Gasteiger partial charge in [0, 0.05) is 55.2 Å². The molecule has 2 fully saturated rings. The first kappa shape index (κ1) is 18.3. The van der Waals surface area contributed by atoms with Crippen molar-refractivity contribution in [2.75, 3.05) is 37.7 Å². The quantitative estimate of drug-likeness (QED) is 0.771. The third-order valence-corrected chi connectivity index (χ3v) is 8.69. The van der Waals surface area contributed by atoms with E-state index in [1.165, 1.54) is 17.1 Å². The lowest BCUT2D eigenvalue weighted by Gasteiger charge is -2.34. The molecule has 0 unspecified atom stereocenters. The Hall–Kier alpha value is -1.02. The van der Waals surface area contributed by atoms with E-state index < -0.39 is 0 Å². The van der Waals surface area contributed by atoms with Crippen LogP contribution in [0, 0.1) is 6.92 Å². The van der Waals surface area contributed by atoms with E-state index in [1.807, 2.05) is 47.5 Å². The summed E-state index contributed by atoms with van der Waals surface area (Å²) in [4.78, 5) is 21.7. The number of hydrogen-bond donors (Lipinski definition) is 0. The van der Waals surface area contributed by atoms with Gasteiger partial charge >= 0.3 is 0 Å². The van der Waals surface area contributed by atoms with E-state index in [4.69, 9.17) is 0 Å². The zero-order valence-corrected chi connectivity index (χ0v) is 17.3. The normalized spacial score (nSPS) is 19.2. The van der Waals surface area contributed by atoms with Crippen molar-refractivity contribution >= 4 is 40.8 Å². The van der Waals surface area contributed by atoms with Gasteiger partial charge in [-0.3, -0.25) is 9.69 Å². The Bertz CT molecular complexity index is 748. The van der Waals surface area contributed by atoms with Gasteiger partial charge < -0.3 is 4.90 Å². The molecular formula is C19H23N3OS3. The smallest absolute Gasteiger partial charge is 0.253 e. The lowest BCUT2D eigenvalue weighted by atomic mass is 10.1. The minimum atomic E-state index is 0.160. The van der Waals surface area contributed by atoms with Gasteiger partial charge in [0.05, 0.1) is 15.3 Å². The van der Waals surface area contributed by atoms with Crippen molar-refractivity contribution in [2.24, 2.45) is 0 Å². The zero-order valence-electron chi connectivity index (χ0n) is 14.9. The van der Waals surface area contributed by atoms with Gasteiger partial charge in [-0.25, -0.2) is 4.98 Å². The van der Waals surface area contributed by atoms with Crippen molar-refractivity contribution in [3.8, 4) is 0 Å². The van der Waals surface area contributed by atoms with Gasteiger partial charge in [-0.05, 0) is 24.6 Å². The number of thiazole rings is 1. The second-order valence-electron chi connectivity index (χ2n) is 6.62. The number of hydrogen-bond acceptors (Lipinski definition) is 6. The van der Waals surface area contributed by atoms with Gasteiger partial charge in [-0.1, -0.05) is 12.1 Å². The van der Waals surface area contributed by atoms with Gasteiger partial charge in [0.15, 0.2) is 0 Å². The first-order valence-corrected chi connectivity index (χ1v) is 11.9. The number of carbonyl (C=O) groups excluding carboxylic acids is 1. The molecule has 7 heteroatoms. The molecule has 3 heterocycles. The highest BCUT2D eigenvalue weighted by Gasteiger charge is 2.23. The Balaban J connectivity index is 1.31. The largest absolute Gasteiger partial charge is 0.336 e. The van der Waals surface area contributed by atoms with Crippen LogP contribution in [-0.2, 0) is 6.54 Å². The van der Waals surface area contributed by atoms with Crippen LogP contribution in [0.2, 0.25) is 0 Å². The van der Waals surface area contributed by atoms with E-state index in [0.29, 0.717) is 4.58 Å². The summed E-state index contributed by atoms with van der Waals surface area (Å²) in [5.74, 6) is 2.61. The fraction of sp³-hybridized carbons (Fsp3) is 0.474. The van der Waals surface area contributed by atoms with Crippen LogP contribution in [0.3, 0.4) is 0 Å². The average molecular weight is 406 g/mol. The van der Waals surface area contributed by atoms with Crippen molar-refractivity contribution in [1.29, 1.82) is 0 Å². The molecule has 2 aliphatic rings. The van der Waals surface area contributed by atoms with Crippen molar-refractivity contribution in [2.45, 2.75) is 18.1 Å². The first-order chi connectivity index (χ1) is 12.7. The van der Waals surface area contributed by atoms with Crippen molar-refractivity contribution in [3.05, 3.63) is 51.5 Å². The number of nitrogens with zero attached hydrogens (tertiary/aromatic N) is 3. The van der Waals surface area contributed by atoms with Gasteiger partial charge in [-0.2, -0.15) is 0 Å². The lowest BCUT2D eigenvalue weighted by Crippen LogP contribution is -2.48. The van der Waals surface area contributed by atoms with Crippen molar-refractivity contribution < 1.29 is 4.79 Å². The van der Waals surface area contributed by atoms with Gasteiger partial charge in [-0.15, -0.1) is 34.9 Å². The van der Waals surface area contributed by atoms with Crippen LogP contribution >= 0.6 is 34.9 Å². The SMILES string of the molecule is Cc1nc(CN2CCN(C(=O)c3ccc(C4SCCS4)cc3)CC2)cs1. The van der Waals surface area contributed by atoms with Crippen molar-refractivity contribution in [3.63, 3.8) is 0 Å². The van der Waals surface area contributed by atoms with E-state index in [0.717, 1.165) is 49.0 Å². The summed E-state index contributed by atoms with van der Waals surface area (Å²) in [5.41, 5.74) is 3.29. The van der Waals surface area contributed by atoms with E-state index in [-0.39, 0.29) is 5.91 Å². The molecule has 138 valence electrons. The average Bonchev–Trinajstić information content (AvgIpc) is 3.34. The number of carbonyl (C=O) groups is 1. The van der Waals surface area contributed by atoms with Crippen LogP contribution in [0.15, 0.2) is 29.6 Å². The molecule has 0 bridgehead atoms. The molecule has 4 rings (SSSR count). The van der Waals surface area contributed by atoms with Crippen molar-refractivity contribution in [1.82, 2.24) is 14.8 Å². The summed E-state index contributed by atoms with van der Waals surface area (Å²) in [5, 5.41) is 3.25. The standard InChI is InChI=1S/C19H23N3OS3/c1-14-20-17(13-26-14)12-21-6-8-22(9-7-21)18(23)15-2-4-16(5-3-15)19-24-10-11-25-19/h2-5,13,19H,6-12H2,1H3. The predicted molar refractivity (Wildman–Crippen MR) is 112 cm³/mol. The van der Waals surface area contributed by atoms with E-state index in [9.17, 15) is 4.79 Å². The number of thioether (sulfide) groups is 2. The summed E-state index contributed by atoms with van der Waals surface area (Å²) in [7, 11) is 0. The van der Waals surface area contributed by atoms with Crippen LogP contribution in [0.1, 0.15) is 31.2 Å². The van der Waals surface area contributed by atoms with Crippen LogP contribution in [0.25, 0.3) is 0 Å². The summed E-state index contributed by atoms with van der Waals surface area (Å²) in [6.45, 7) is 6.33. The Morgan fingerprint density at radius 1 is 1.12 bits per heavy atom. The Kier molecular flexibility index (Phi) is 5.88. The molecule has 1 aromatic carbocycles. The minimum absolute atomic E-state index is 0.160. The molecule has 0 spiro atoms. The third kappa shape index (κ3) is 4.27. The van der Waals surface area contributed by atoms with Gasteiger partial charge in [0.1, 0.15) is 0 Å². The van der Waals surface area contributed by atoms with E-state index in [2.05, 4.69) is 27.4 Å². The molecule has 1 amide bonds. The van der Waals surface area contributed by atoms with Crippen LogP contribution in [0.5, 0.6) is 0 Å². The second-order valence-corrected chi connectivity index (χ2v) is 10.4. The lowest BCUT2D eigenvalue weighted by molar-refractivity contribution is 0.0627. The van der Waals surface area contributed by atoms with Gasteiger partial charge in [0.2, 0.25) is 0 Å².